The molecule has 1 heterocycles. The molecule has 0 unspecified atom stereocenters. The third-order valence-electron chi connectivity index (χ3n) is 4.25. The van der Waals surface area contributed by atoms with E-state index in [-0.39, 0.29) is 18.4 Å². The number of nitrogens with zero attached hydrogens (tertiary/aromatic N) is 4. The van der Waals surface area contributed by atoms with Gasteiger partial charge in [-0.2, -0.15) is 9.36 Å². The molecule has 0 spiro atoms. The van der Waals surface area contributed by atoms with Crippen molar-refractivity contribution >= 4 is 17.5 Å². The highest BCUT2D eigenvalue weighted by molar-refractivity contribution is 5.95. The molecule has 3 rings (SSSR count). The van der Waals surface area contributed by atoms with E-state index in [9.17, 15) is 14.4 Å². The topological polar surface area (TPSA) is 125 Å². The van der Waals surface area contributed by atoms with Crippen LogP contribution in [0.2, 0.25) is 0 Å². The molecule has 0 aliphatic rings. The molecule has 9 heteroatoms. The van der Waals surface area contributed by atoms with Crippen LogP contribution in [-0.2, 0) is 16.1 Å². The average Bonchev–Trinajstić information content (AvgIpc) is 3.04. The highest BCUT2D eigenvalue weighted by Gasteiger charge is 2.18. The second-order valence-electron chi connectivity index (χ2n) is 6.20. The SMILES string of the molecule is CC[C@H](C(=O)Nc1ccc(-n2nnn(CC(N)=O)c2=O)cc1)c1ccccc1. The van der Waals surface area contributed by atoms with Crippen LogP contribution in [-0.4, -0.2) is 31.6 Å². The van der Waals surface area contributed by atoms with Gasteiger partial charge in [0.15, 0.2) is 0 Å². The lowest BCUT2D eigenvalue weighted by molar-refractivity contribution is -0.119. The predicted molar refractivity (Wildman–Crippen MR) is 103 cm³/mol. The normalized spacial score (nSPS) is 11.8. The fraction of sp³-hybridized carbons (Fsp3) is 0.211. The molecular weight excluding hydrogens is 360 g/mol. The van der Waals surface area contributed by atoms with E-state index in [1.807, 2.05) is 37.3 Å². The van der Waals surface area contributed by atoms with Gasteiger partial charge >= 0.3 is 5.69 Å². The molecule has 0 fully saturated rings. The van der Waals surface area contributed by atoms with E-state index >= 15 is 0 Å². The van der Waals surface area contributed by atoms with E-state index in [1.54, 1.807) is 24.3 Å². The van der Waals surface area contributed by atoms with E-state index < -0.39 is 11.6 Å². The quantitative estimate of drug-likeness (QED) is 0.634. The summed E-state index contributed by atoms with van der Waals surface area (Å²) in [6, 6.07) is 16.2. The van der Waals surface area contributed by atoms with Crippen molar-refractivity contribution in [2.75, 3.05) is 5.32 Å². The minimum atomic E-state index is -0.684. The largest absolute Gasteiger partial charge is 0.368 e. The number of carbonyl (C=O) groups excluding carboxylic acids is 2. The van der Waals surface area contributed by atoms with Crippen molar-refractivity contribution in [1.29, 1.82) is 0 Å². The Morgan fingerprint density at radius 3 is 2.36 bits per heavy atom. The molecule has 144 valence electrons. The zero-order chi connectivity index (χ0) is 20.1. The first-order chi connectivity index (χ1) is 13.5. The lowest BCUT2D eigenvalue weighted by Crippen LogP contribution is -2.30. The zero-order valence-electron chi connectivity index (χ0n) is 15.3. The number of nitrogens with two attached hydrogens (primary N) is 1. The van der Waals surface area contributed by atoms with Gasteiger partial charge in [0.1, 0.15) is 6.54 Å². The molecule has 9 nitrogen and oxygen atoms in total. The summed E-state index contributed by atoms with van der Waals surface area (Å²) in [7, 11) is 0. The Balaban J connectivity index is 1.74. The summed E-state index contributed by atoms with van der Waals surface area (Å²) < 4.78 is 1.93. The first-order valence-electron chi connectivity index (χ1n) is 8.77. The second kappa shape index (κ2) is 8.30. The van der Waals surface area contributed by atoms with E-state index in [4.69, 9.17) is 5.73 Å². The fourth-order valence-electron chi connectivity index (χ4n) is 2.86. The fourth-order valence-corrected chi connectivity index (χ4v) is 2.86. The van der Waals surface area contributed by atoms with Crippen LogP contribution in [0.4, 0.5) is 5.69 Å². The maximum atomic E-state index is 12.6. The number of carbonyl (C=O) groups is 2. The number of tetrazole rings is 1. The number of aromatic nitrogens is 4. The first kappa shape index (κ1) is 19.0. The van der Waals surface area contributed by atoms with Crippen LogP contribution >= 0.6 is 0 Å². The zero-order valence-corrected chi connectivity index (χ0v) is 15.3. The molecule has 1 atom stereocenters. The van der Waals surface area contributed by atoms with Crippen LogP contribution in [0.15, 0.2) is 59.4 Å². The van der Waals surface area contributed by atoms with Crippen molar-refractivity contribution in [2.24, 2.45) is 5.73 Å². The Kier molecular flexibility index (Phi) is 5.64. The van der Waals surface area contributed by atoms with Crippen LogP contribution in [0.25, 0.3) is 5.69 Å². The van der Waals surface area contributed by atoms with Gasteiger partial charge in [-0.25, -0.2) is 4.79 Å². The van der Waals surface area contributed by atoms with Gasteiger partial charge in [0.25, 0.3) is 0 Å². The third kappa shape index (κ3) is 4.14. The summed E-state index contributed by atoms with van der Waals surface area (Å²) >= 11 is 0. The van der Waals surface area contributed by atoms with E-state index in [0.29, 0.717) is 17.8 Å². The van der Waals surface area contributed by atoms with Gasteiger partial charge in [-0.15, -0.1) is 0 Å². The molecule has 28 heavy (non-hydrogen) atoms. The molecule has 2 amide bonds. The Labute approximate surface area is 160 Å². The predicted octanol–water partition coefficient (Wildman–Crippen LogP) is 1.05. The number of primary amides is 1. The van der Waals surface area contributed by atoms with Crippen molar-refractivity contribution in [3.63, 3.8) is 0 Å². The molecule has 3 N–H and O–H groups in total. The van der Waals surface area contributed by atoms with Crippen molar-refractivity contribution in [2.45, 2.75) is 25.8 Å². The molecule has 2 aromatic carbocycles. The van der Waals surface area contributed by atoms with Crippen molar-refractivity contribution in [1.82, 2.24) is 19.8 Å². The van der Waals surface area contributed by atoms with Crippen molar-refractivity contribution in [3.8, 4) is 5.69 Å². The lowest BCUT2D eigenvalue weighted by atomic mass is 9.95. The van der Waals surface area contributed by atoms with Gasteiger partial charge in [-0.05, 0) is 46.7 Å². The third-order valence-corrected chi connectivity index (χ3v) is 4.25. The summed E-state index contributed by atoms with van der Waals surface area (Å²) in [4.78, 5) is 35.7. The van der Waals surface area contributed by atoms with E-state index in [2.05, 4.69) is 15.7 Å². The monoisotopic (exact) mass is 380 g/mol. The minimum absolute atomic E-state index is 0.106. The number of rotatable bonds is 7. The van der Waals surface area contributed by atoms with Crippen LogP contribution in [0.1, 0.15) is 24.8 Å². The Bertz CT molecular complexity index is 1020. The van der Waals surface area contributed by atoms with Gasteiger partial charge in [0.05, 0.1) is 11.6 Å². The summed E-state index contributed by atoms with van der Waals surface area (Å²) in [5.41, 5.74) is 6.50. The van der Waals surface area contributed by atoms with Gasteiger partial charge in [0.2, 0.25) is 11.8 Å². The van der Waals surface area contributed by atoms with Crippen LogP contribution in [0.3, 0.4) is 0 Å². The number of benzene rings is 2. The van der Waals surface area contributed by atoms with E-state index in [1.165, 1.54) is 0 Å². The van der Waals surface area contributed by atoms with E-state index in [0.717, 1.165) is 14.9 Å². The number of hydrogen-bond acceptors (Lipinski definition) is 5. The Morgan fingerprint density at radius 2 is 1.75 bits per heavy atom. The maximum absolute atomic E-state index is 12.6. The van der Waals surface area contributed by atoms with Crippen LogP contribution in [0, 0.1) is 0 Å². The molecule has 0 aliphatic heterocycles. The highest BCUT2D eigenvalue weighted by Crippen LogP contribution is 2.22. The summed E-state index contributed by atoms with van der Waals surface area (Å²) in [6.07, 6.45) is 0.673. The molecular formula is C19H20N6O3. The molecule has 3 aromatic rings. The lowest BCUT2D eigenvalue weighted by Gasteiger charge is -2.15. The number of nitrogens with one attached hydrogen (secondary N) is 1. The highest BCUT2D eigenvalue weighted by atomic mass is 16.2. The first-order valence-corrected chi connectivity index (χ1v) is 8.77. The van der Waals surface area contributed by atoms with Gasteiger partial charge in [-0.3, -0.25) is 9.59 Å². The average molecular weight is 380 g/mol. The molecule has 0 aliphatic carbocycles. The smallest absolute Gasteiger partial charge is 0.368 e. The molecule has 0 saturated carbocycles. The standard InChI is InChI=1S/C19H20N6O3/c1-2-16(13-6-4-3-5-7-13)18(27)21-14-8-10-15(11-9-14)25-19(28)24(22-23-25)12-17(20)26/h3-11,16H,2,12H2,1H3,(H2,20,26)(H,21,27)/t16-/m0/s1. The summed E-state index contributed by atoms with van der Waals surface area (Å²) in [5, 5.41) is 10.2. The van der Waals surface area contributed by atoms with Gasteiger partial charge < -0.3 is 11.1 Å². The maximum Gasteiger partial charge on any atom is 0.368 e. The second-order valence-corrected chi connectivity index (χ2v) is 6.20. The van der Waals surface area contributed by atoms with Gasteiger partial charge in [0, 0.05) is 5.69 Å². The Morgan fingerprint density at radius 1 is 1.07 bits per heavy atom. The molecule has 1 aromatic heterocycles. The number of amides is 2. The van der Waals surface area contributed by atoms with Gasteiger partial charge in [-0.1, -0.05) is 37.3 Å². The number of anilines is 1. The molecule has 0 radical (unpaired) electrons. The van der Waals surface area contributed by atoms with Crippen LogP contribution in [0.5, 0.6) is 0 Å². The molecule has 0 bridgehead atoms. The van der Waals surface area contributed by atoms with Crippen molar-refractivity contribution < 1.29 is 9.59 Å². The summed E-state index contributed by atoms with van der Waals surface area (Å²) in [6.45, 7) is 1.62. The van der Waals surface area contributed by atoms with Crippen molar-refractivity contribution in [3.05, 3.63) is 70.6 Å². The molecule has 0 saturated heterocycles. The summed E-state index contributed by atoms with van der Waals surface area (Å²) in [5.74, 6) is -1.04. The Hall–Kier alpha value is -3.75. The van der Waals surface area contributed by atoms with Crippen LogP contribution < -0.4 is 16.7 Å². The minimum Gasteiger partial charge on any atom is -0.368 e. The number of hydrogen-bond donors (Lipinski definition) is 2.